The van der Waals surface area contributed by atoms with Gasteiger partial charge in [0.2, 0.25) is 6.41 Å². The summed E-state index contributed by atoms with van der Waals surface area (Å²) in [7, 11) is 4.67. The SMILES string of the molecule is CCC=O.CCCCC=O.CN(C)C=O.Cc1ccc(OCCOCCOSI)cc1C=O. The minimum absolute atomic E-state index is 0.457. The van der Waals surface area contributed by atoms with E-state index in [-0.39, 0.29) is 0 Å². The Bertz CT molecular complexity index is 604. The summed E-state index contributed by atoms with van der Waals surface area (Å²) in [4.78, 5) is 40.4. The number of benzene rings is 1. The predicted octanol–water partition coefficient (Wildman–Crippen LogP) is 4.89. The number of rotatable bonds is 14. The quantitative estimate of drug-likeness (QED) is 0.129. The number of amides is 1. The second kappa shape index (κ2) is 30.5. The summed E-state index contributed by atoms with van der Waals surface area (Å²) >= 11 is 2.06. The molecule has 0 saturated carbocycles. The van der Waals surface area contributed by atoms with Crippen LogP contribution in [0.4, 0.5) is 0 Å². The van der Waals surface area contributed by atoms with Gasteiger partial charge in [-0.1, -0.05) is 26.3 Å². The largest absolute Gasteiger partial charge is 0.491 e. The molecule has 0 bridgehead atoms. The Morgan fingerprint density at radius 2 is 1.61 bits per heavy atom. The Labute approximate surface area is 214 Å². The van der Waals surface area contributed by atoms with E-state index in [4.69, 9.17) is 13.7 Å². The van der Waals surface area contributed by atoms with E-state index in [1.807, 2.05) is 26.0 Å². The molecule has 0 fully saturated rings. The third-order valence-corrected chi connectivity index (χ3v) is 4.30. The lowest BCUT2D eigenvalue weighted by Crippen LogP contribution is -2.09. The zero-order valence-corrected chi connectivity index (χ0v) is 23.3. The highest BCUT2D eigenvalue weighted by atomic mass is 127. The third-order valence-electron chi connectivity index (χ3n) is 3.28. The van der Waals surface area contributed by atoms with Crippen molar-refractivity contribution in [1.29, 1.82) is 0 Å². The van der Waals surface area contributed by atoms with E-state index in [0.29, 0.717) is 44.2 Å². The van der Waals surface area contributed by atoms with Crippen molar-refractivity contribution in [3.63, 3.8) is 0 Å². The van der Waals surface area contributed by atoms with Crippen LogP contribution in [0.2, 0.25) is 0 Å². The molecule has 1 aromatic rings. The molecule has 0 aliphatic carbocycles. The van der Waals surface area contributed by atoms with Crippen molar-refractivity contribution < 1.29 is 32.8 Å². The van der Waals surface area contributed by atoms with E-state index in [1.165, 1.54) is 14.1 Å². The van der Waals surface area contributed by atoms with E-state index in [9.17, 15) is 19.2 Å². The maximum absolute atomic E-state index is 10.8. The van der Waals surface area contributed by atoms with Gasteiger partial charge in [0.25, 0.3) is 0 Å². The first kappa shape index (κ1) is 36.1. The van der Waals surface area contributed by atoms with Crippen molar-refractivity contribution in [3.05, 3.63) is 29.3 Å². The molecule has 8 nitrogen and oxygen atoms in total. The first-order valence-corrected chi connectivity index (χ1v) is 13.8. The monoisotopic (exact) mass is 599 g/mol. The highest BCUT2D eigenvalue weighted by Gasteiger charge is 2.00. The molecule has 10 heteroatoms. The lowest BCUT2D eigenvalue weighted by atomic mass is 10.1. The van der Waals surface area contributed by atoms with Crippen molar-refractivity contribution >= 4 is 55.7 Å². The van der Waals surface area contributed by atoms with Crippen LogP contribution in [0.1, 0.15) is 55.5 Å². The number of nitrogens with zero attached hydrogens (tertiary/aromatic N) is 1. The Hall–Kier alpha value is -1.50. The van der Waals surface area contributed by atoms with Gasteiger partial charge in [-0.25, -0.2) is 0 Å². The topological polar surface area (TPSA) is 99.2 Å². The highest BCUT2D eigenvalue weighted by Crippen LogP contribution is 2.15. The van der Waals surface area contributed by atoms with Crippen LogP contribution in [-0.4, -0.2) is 70.7 Å². The lowest BCUT2D eigenvalue weighted by molar-refractivity contribution is -0.116. The van der Waals surface area contributed by atoms with Crippen LogP contribution < -0.4 is 4.74 Å². The number of unbranched alkanes of at least 4 members (excludes halogenated alkanes) is 2. The molecule has 1 aromatic carbocycles. The Morgan fingerprint density at radius 1 is 1.00 bits per heavy atom. The van der Waals surface area contributed by atoms with Crippen LogP contribution in [0.3, 0.4) is 0 Å². The highest BCUT2D eigenvalue weighted by molar-refractivity contribution is 14.2. The minimum atomic E-state index is 0.457. The maximum Gasteiger partial charge on any atom is 0.209 e. The standard InChI is InChI=1S/C12H15IO4S.C5H10O.C3H7NO.C3H6O/c1-10-2-3-12(8-11(10)9-14)16-6-4-15-5-7-17-18-13;1-2-3-4-5-6;1-4(2)3-5;1-2-3-4/h2-3,8-9H,4-7H2,1H3;5H,2-4H2,1H3;3H,1-2H3;3H,2H2,1H3. The molecular weight excluding hydrogens is 561 g/mol. The first-order valence-electron chi connectivity index (χ1n) is 10.5. The Morgan fingerprint density at radius 3 is 2.03 bits per heavy atom. The van der Waals surface area contributed by atoms with Gasteiger partial charge in [-0.2, -0.15) is 0 Å². The molecule has 0 aliphatic heterocycles. The zero-order chi connectivity index (χ0) is 25.7. The van der Waals surface area contributed by atoms with Crippen molar-refractivity contribution in [2.75, 3.05) is 40.5 Å². The number of carbonyl (C=O) groups excluding carboxylic acids is 4. The van der Waals surface area contributed by atoms with Gasteiger partial charge in [0.05, 0.1) is 29.0 Å². The van der Waals surface area contributed by atoms with Crippen molar-refractivity contribution in [2.24, 2.45) is 0 Å². The van der Waals surface area contributed by atoms with Gasteiger partial charge in [0, 0.05) is 53.7 Å². The second-order valence-electron chi connectivity index (χ2n) is 6.43. The van der Waals surface area contributed by atoms with Crippen LogP contribution in [0.25, 0.3) is 0 Å². The molecule has 0 aliphatic rings. The first-order chi connectivity index (χ1) is 15.9. The molecule has 0 spiro atoms. The van der Waals surface area contributed by atoms with Crippen molar-refractivity contribution in [1.82, 2.24) is 4.90 Å². The number of halogens is 1. The van der Waals surface area contributed by atoms with E-state index in [1.54, 1.807) is 20.2 Å². The van der Waals surface area contributed by atoms with Gasteiger partial charge in [0.15, 0.2) is 0 Å². The summed E-state index contributed by atoms with van der Waals surface area (Å²) in [6.45, 7) is 7.84. The summed E-state index contributed by atoms with van der Waals surface area (Å²) in [6, 6.07) is 5.45. The molecule has 0 atom stereocenters. The number of hydrogen-bond acceptors (Lipinski definition) is 8. The van der Waals surface area contributed by atoms with Crippen LogP contribution in [-0.2, 0) is 23.3 Å². The van der Waals surface area contributed by atoms with Crippen molar-refractivity contribution in [3.8, 4) is 5.75 Å². The van der Waals surface area contributed by atoms with E-state index in [0.717, 1.165) is 50.1 Å². The summed E-state index contributed by atoms with van der Waals surface area (Å²) in [6.07, 6.45) is 6.96. The summed E-state index contributed by atoms with van der Waals surface area (Å²) in [5.41, 5.74) is 1.60. The molecule has 190 valence electrons. The van der Waals surface area contributed by atoms with Crippen LogP contribution in [0, 0.1) is 6.92 Å². The molecular formula is C23H38INO7S. The summed E-state index contributed by atoms with van der Waals surface area (Å²) < 4.78 is 15.8. The molecule has 0 saturated heterocycles. The number of aryl methyl sites for hydroxylation is 1. The van der Waals surface area contributed by atoms with Gasteiger partial charge in [-0.3, -0.25) is 9.59 Å². The smallest absolute Gasteiger partial charge is 0.209 e. The minimum Gasteiger partial charge on any atom is -0.491 e. The van der Waals surface area contributed by atoms with E-state index in [2.05, 4.69) is 28.1 Å². The average Bonchev–Trinajstić information content (AvgIpc) is 2.84. The molecule has 33 heavy (non-hydrogen) atoms. The molecule has 0 N–H and O–H groups in total. The predicted molar refractivity (Wildman–Crippen MR) is 142 cm³/mol. The van der Waals surface area contributed by atoms with Gasteiger partial charge < -0.3 is 28.1 Å². The van der Waals surface area contributed by atoms with Gasteiger partial charge in [0.1, 0.15) is 31.2 Å². The van der Waals surface area contributed by atoms with Gasteiger partial charge in [-0.05, 0) is 31.0 Å². The Kier molecular flexibility index (Phi) is 33.3. The fourth-order valence-corrected chi connectivity index (χ4v) is 2.24. The van der Waals surface area contributed by atoms with Crippen LogP contribution in [0.5, 0.6) is 5.75 Å². The fourth-order valence-electron chi connectivity index (χ4n) is 1.57. The lowest BCUT2D eigenvalue weighted by Gasteiger charge is -2.08. The van der Waals surface area contributed by atoms with E-state index >= 15 is 0 Å². The van der Waals surface area contributed by atoms with Crippen LogP contribution in [0.15, 0.2) is 18.2 Å². The fraction of sp³-hybridized carbons (Fsp3) is 0.565. The molecule has 1 rings (SSSR count). The molecule has 0 heterocycles. The Balaban J connectivity index is -0.000000489. The van der Waals surface area contributed by atoms with Gasteiger partial charge >= 0.3 is 0 Å². The van der Waals surface area contributed by atoms with E-state index < -0.39 is 0 Å². The number of hydrogen-bond donors (Lipinski definition) is 0. The number of carbonyl (C=O) groups is 4. The molecule has 0 radical (unpaired) electrons. The molecule has 0 unspecified atom stereocenters. The maximum atomic E-state index is 10.8. The number of aldehydes is 3. The van der Waals surface area contributed by atoms with Crippen molar-refractivity contribution in [2.45, 2.75) is 46.5 Å². The summed E-state index contributed by atoms with van der Waals surface area (Å²) in [5, 5.41) is 0. The van der Waals surface area contributed by atoms with Gasteiger partial charge in [-0.15, -0.1) is 0 Å². The number of ether oxygens (including phenoxy) is 2. The molecule has 0 aromatic heterocycles. The summed E-state index contributed by atoms with van der Waals surface area (Å²) in [5.74, 6) is 0.686. The molecule has 1 amide bonds. The second-order valence-corrected chi connectivity index (χ2v) is 7.88. The zero-order valence-electron chi connectivity index (χ0n) is 20.3. The normalized spacial score (nSPS) is 8.91. The third kappa shape index (κ3) is 30.5. The van der Waals surface area contributed by atoms with Crippen LogP contribution >= 0.6 is 30.4 Å². The average molecular weight is 600 g/mol.